The van der Waals surface area contributed by atoms with E-state index in [0.717, 1.165) is 0 Å². The number of aryl methyl sites for hydroxylation is 1. The van der Waals surface area contributed by atoms with Gasteiger partial charge in [0.15, 0.2) is 0 Å². The lowest BCUT2D eigenvalue weighted by molar-refractivity contribution is -0.139. The first-order valence-electron chi connectivity index (χ1n) is 10.1. The van der Waals surface area contributed by atoms with Gasteiger partial charge >= 0.3 is 0 Å². The number of rotatable bonds is 7. The average Bonchev–Trinajstić information content (AvgIpc) is 3.41. The van der Waals surface area contributed by atoms with Crippen molar-refractivity contribution in [2.45, 2.75) is 19.0 Å². The summed E-state index contributed by atoms with van der Waals surface area (Å²) in [5, 5.41) is 11.6. The monoisotopic (exact) mass is 451 g/mol. The van der Waals surface area contributed by atoms with Crippen LogP contribution in [0.15, 0.2) is 72.8 Å². The molecule has 1 aliphatic heterocycles. The molecule has 1 atom stereocenters. The number of benzene rings is 2. The molecule has 3 aromatic rings. The maximum atomic E-state index is 13.0. The summed E-state index contributed by atoms with van der Waals surface area (Å²) in [6.07, 6.45) is 5.85. The van der Waals surface area contributed by atoms with E-state index >= 15 is 0 Å². The van der Waals surface area contributed by atoms with Crippen molar-refractivity contribution in [3.05, 3.63) is 89.0 Å². The van der Waals surface area contributed by atoms with Crippen LogP contribution < -0.4 is 4.74 Å². The second-order valence-electron chi connectivity index (χ2n) is 7.43. The van der Waals surface area contributed by atoms with Crippen LogP contribution in [0.1, 0.15) is 23.6 Å². The van der Waals surface area contributed by atoms with Crippen LogP contribution in [-0.4, -0.2) is 44.9 Å². The largest absolute Gasteiger partial charge is 0.507 e. The number of methoxy groups -OCH3 is 1. The van der Waals surface area contributed by atoms with E-state index in [-0.39, 0.29) is 11.3 Å². The first-order valence-corrected chi connectivity index (χ1v) is 10.5. The lowest BCUT2D eigenvalue weighted by Gasteiger charge is -2.25. The maximum Gasteiger partial charge on any atom is 0.295 e. The summed E-state index contributed by atoms with van der Waals surface area (Å²) in [5.74, 6) is -1.06. The first kappa shape index (κ1) is 21.6. The zero-order chi connectivity index (χ0) is 22.7. The van der Waals surface area contributed by atoms with Crippen molar-refractivity contribution >= 4 is 29.1 Å². The molecule has 1 aromatic heterocycles. The van der Waals surface area contributed by atoms with E-state index in [1.165, 1.54) is 12.0 Å². The molecule has 0 saturated carbocycles. The predicted octanol–water partition coefficient (Wildman–Crippen LogP) is 4.06. The third-order valence-electron chi connectivity index (χ3n) is 5.44. The van der Waals surface area contributed by atoms with Crippen LogP contribution in [0.3, 0.4) is 0 Å². The van der Waals surface area contributed by atoms with Crippen molar-refractivity contribution in [3.8, 4) is 5.75 Å². The Kier molecular flexibility index (Phi) is 6.28. The average molecular weight is 452 g/mol. The topological polar surface area (TPSA) is 84.7 Å². The van der Waals surface area contributed by atoms with Crippen molar-refractivity contribution in [1.29, 1.82) is 0 Å². The molecule has 164 valence electrons. The van der Waals surface area contributed by atoms with Crippen molar-refractivity contribution in [3.63, 3.8) is 0 Å². The number of nitrogens with zero attached hydrogens (tertiary/aromatic N) is 3. The number of aromatic nitrogens is 2. The van der Waals surface area contributed by atoms with Crippen LogP contribution in [0, 0.1) is 0 Å². The molecule has 2 aromatic carbocycles. The summed E-state index contributed by atoms with van der Waals surface area (Å²) in [4.78, 5) is 31.6. The number of ether oxygens (including phenoxy) is 1. The third-order valence-corrected chi connectivity index (χ3v) is 5.70. The molecule has 7 nitrogen and oxygen atoms in total. The van der Waals surface area contributed by atoms with Crippen LogP contribution in [0.5, 0.6) is 5.75 Å². The molecular formula is C24H22ClN3O4. The molecule has 0 bridgehead atoms. The number of amides is 1. The Labute approximate surface area is 190 Å². The summed E-state index contributed by atoms with van der Waals surface area (Å²) in [5.41, 5.74) is 1.15. The summed E-state index contributed by atoms with van der Waals surface area (Å²) in [6, 6.07) is 13.0. The molecule has 1 N–H and O–H groups in total. The highest BCUT2D eigenvalue weighted by atomic mass is 35.5. The molecule has 0 spiro atoms. The summed E-state index contributed by atoms with van der Waals surface area (Å²) < 4.78 is 7.14. The van der Waals surface area contributed by atoms with Gasteiger partial charge in [0, 0.05) is 36.1 Å². The number of halogens is 1. The van der Waals surface area contributed by atoms with E-state index in [2.05, 4.69) is 4.98 Å². The number of aliphatic hydroxyl groups is 1. The predicted molar refractivity (Wildman–Crippen MR) is 120 cm³/mol. The van der Waals surface area contributed by atoms with Gasteiger partial charge < -0.3 is 19.3 Å². The normalized spacial score (nSPS) is 17.7. The fourth-order valence-electron chi connectivity index (χ4n) is 3.87. The van der Waals surface area contributed by atoms with E-state index < -0.39 is 17.7 Å². The van der Waals surface area contributed by atoms with Gasteiger partial charge in [0.05, 0.1) is 25.1 Å². The number of carbonyl (C=O) groups is 2. The minimum Gasteiger partial charge on any atom is -0.507 e. The summed E-state index contributed by atoms with van der Waals surface area (Å²) in [7, 11) is 1.52. The van der Waals surface area contributed by atoms with Gasteiger partial charge in [-0.1, -0.05) is 35.9 Å². The highest BCUT2D eigenvalue weighted by molar-refractivity contribution is 6.46. The van der Waals surface area contributed by atoms with E-state index in [1.54, 1.807) is 61.1 Å². The highest BCUT2D eigenvalue weighted by Crippen LogP contribution is 2.40. The van der Waals surface area contributed by atoms with Crippen LogP contribution in [0.4, 0.5) is 0 Å². The van der Waals surface area contributed by atoms with Crippen molar-refractivity contribution in [1.82, 2.24) is 14.5 Å². The molecule has 1 aliphatic rings. The lowest BCUT2D eigenvalue weighted by Crippen LogP contribution is -2.31. The number of carbonyl (C=O) groups excluding carboxylic acids is 2. The summed E-state index contributed by atoms with van der Waals surface area (Å²) in [6.45, 7) is 0.983. The minimum atomic E-state index is -0.721. The summed E-state index contributed by atoms with van der Waals surface area (Å²) >= 11 is 6.05. The van der Waals surface area contributed by atoms with Gasteiger partial charge in [-0.15, -0.1) is 0 Å². The molecule has 1 fully saturated rings. The molecule has 4 rings (SSSR count). The molecule has 0 radical (unpaired) electrons. The Balaban J connectivity index is 1.73. The second kappa shape index (κ2) is 9.28. The standard InChI is InChI=1S/C24H22ClN3O4/c1-32-19-5-2-4-17(14-19)22(29)20-21(16-6-8-18(25)9-7-16)28(24(31)23(20)30)12-3-11-27-13-10-26-15-27/h2,4-10,13-15,21,29H,3,11-12H2,1H3/b22-20+/t21-/m1/s1. The number of likely N-dealkylation sites (tertiary alicyclic amines) is 1. The Morgan fingerprint density at radius 2 is 1.94 bits per heavy atom. The number of aliphatic hydroxyl groups excluding tert-OH is 1. The van der Waals surface area contributed by atoms with E-state index in [9.17, 15) is 14.7 Å². The van der Waals surface area contributed by atoms with Gasteiger partial charge in [-0.25, -0.2) is 4.98 Å². The van der Waals surface area contributed by atoms with Gasteiger partial charge in [-0.2, -0.15) is 0 Å². The zero-order valence-corrected chi connectivity index (χ0v) is 18.2. The number of hydrogen-bond donors (Lipinski definition) is 1. The lowest BCUT2D eigenvalue weighted by atomic mass is 9.95. The van der Waals surface area contributed by atoms with E-state index in [1.807, 2.05) is 10.8 Å². The molecule has 1 saturated heterocycles. The quantitative estimate of drug-likeness (QED) is 0.332. The third kappa shape index (κ3) is 4.24. The molecule has 32 heavy (non-hydrogen) atoms. The fraction of sp³-hybridized carbons (Fsp3) is 0.208. The highest BCUT2D eigenvalue weighted by Gasteiger charge is 2.45. The zero-order valence-electron chi connectivity index (χ0n) is 17.4. The molecule has 0 aliphatic carbocycles. The Morgan fingerprint density at radius 3 is 2.62 bits per heavy atom. The van der Waals surface area contributed by atoms with Gasteiger partial charge in [-0.05, 0) is 36.2 Å². The number of Topliss-reactive ketones (excluding diaryl/α,β-unsaturated/α-hetero) is 1. The van der Waals surface area contributed by atoms with Crippen molar-refractivity contribution in [2.75, 3.05) is 13.7 Å². The van der Waals surface area contributed by atoms with Gasteiger partial charge in [0.2, 0.25) is 0 Å². The van der Waals surface area contributed by atoms with Crippen LogP contribution >= 0.6 is 11.6 Å². The smallest absolute Gasteiger partial charge is 0.295 e. The Bertz CT molecular complexity index is 1160. The maximum absolute atomic E-state index is 13.0. The van der Waals surface area contributed by atoms with Crippen LogP contribution in [0.25, 0.3) is 5.76 Å². The minimum absolute atomic E-state index is 0.0493. The van der Waals surface area contributed by atoms with E-state index in [4.69, 9.17) is 16.3 Å². The molecular weight excluding hydrogens is 430 g/mol. The fourth-order valence-corrected chi connectivity index (χ4v) is 4.00. The van der Waals surface area contributed by atoms with Crippen LogP contribution in [0.2, 0.25) is 5.02 Å². The van der Waals surface area contributed by atoms with Gasteiger partial charge in [0.25, 0.3) is 11.7 Å². The second-order valence-corrected chi connectivity index (χ2v) is 7.87. The van der Waals surface area contributed by atoms with Crippen LogP contribution in [-0.2, 0) is 16.1 Å². The molecule has 2 heterocycles. The molecule has 1 amide bonds. The number of hydrogen-bond acceptors (Lipinski definition) is 5. The van der Waals surface area contributed by atoms with Crippen molar-refractivity contribution in [2.24, 2.45) is 0 Å². The van der Waals surface area contributed by atoms with Gasteiger partial charge in [0.1, 0.15) is 11.5 Å². The number of imidazole rings is 1. The van der Waals surface area contributed by atoms with Crippen molar-refractivity contribution < 1.29 is 19.4 Å². The molecule has 8 heteroatoms. The molecule has 0 unspecified atom stereocenters. The number of ketones is 1. The first-order chi connectivity index (χ1) is 15.5. The SMILES string of the molecule is COc1cccc(/C(O)=C2\C(=O)C(=O)N(CCCn3ccnc3)[C@@H]2c2ccc(Cl)cc2)c1. The van der Waals surface area contributed by atoms with Gasteiger partial charge in [-0.3, -0.25) is 9.59 Å². The Morgan fingerprint density at radius 1 is 1.16 bits per heavy atom. The Hall–Kier alpha value is -3.58. The van der Waals surface area contributed by atoms with E-state index in [0.29, 0.717) is 41.4 Å².